The van der Waals surface area contributed by atoms with E-state index in [0.29, 0.717) is 5.13 Å². The highest BCUT2D eigenvalue weighted by Gasteiger charge is 2.09. The molecule has 2 heterocycles. The summed E-state index contributed by atoms with van der Waals surface area (Å²) in [6, 6.07) is 7.96. The van der Waals surface area contributed by atoms with Crippen LogP contribution >= 0.6 is 27.3 Å². The van der Waals surface area contributed by atoms with Crippen LogP contribution in [0.1, 0.15) is 4.88 Å². The zero-order chi connectivity index (χ0) is 14.1. The molecule has 0 aliphatic heterocycles. The van der Waals surface area contributed by atoms with Crippen molar-refractivity contribution in [1.29, 1.82) is 0 Å². The summed E-state index contributed by atoms with van der Waals surface area (Å²) in [6.07, 6.45) is 3.67. The lowest BCUT2D eigenvalue weighted by molar-refractivity contribution is -0.116. The number of nitrogens with zero attached hydrogens (tertiary/aromatic N) is 2. The second-order valence-electron chi connectivity index (χ2n) is 4.44. The number of fused-ring (bicyclic) bond motifs is 1. The zero-order valence-electron chi connectivity index (χ0n) is 10.8. The van der Waals surface area contributed by atoms with Crippen LogP contribution in [0.5, 0.6) is 0 Å². The molecule has 2 aromatic heterocycles. The monoisotopic (exact) mass is 349 g/mol. The Morgan fingerprint density at radius 3 is 3.05 bits per heavy atom. The van der Waals surface area contributed by atoms with Gasteiger partial charge in [0.1, 0.15) is 6.54 Å². The lowest BCUT2D eigenvalue weighted by atomic mass is 10.2. The molecule has 3 aromatic rings. The van der Waals surface area contributed by atoms with Gasteiger partial charge in [0.25, 0.3) is 0 Å². The minimum Gasteiger partial charge on any atom is -0.338 e. The van der Waals surface area contributed by atoms with E-state index < -0.39 is 0 Å². The molecule has 0 fully saturated rings. The van der Waals surface area contributed by atoms with Gasteiger partial charge in [-0.25, -0.2) is 4.98 Å². The molecule has 6 heteroatoms. The lowest BCUT2D eigenvalue weighted by Gasteiger charge is -2.05. The Hall–Kier alpha value is -1.66. The number of benzene rings is 1. The first kappa shape index (κ1) is 13.3. The number of aromatic nitrogens is 2. The maximum absolute atomic E-state index is 12.0. The highest BCUT2D eigenvalue weighted by molar-refractivity contribution is 9.10. The minimum absolute atomic E-state index is 0.0724. The van der Waals surface area contributed by atoms with Crippen molar-refractivity contribution in [1.82, 2.24) is 9.55 Å². The molecule has 20 heavy (non-hydrogen) atoms. The second-order valence-corrected chi connectivity index (χ2v) is 6.53. The largest absolute Gasteiger partial charge is 0.338 e. The standard InChI is InChI=1S/C14H12BrN3OS/c1-9-7-16-14(20-9)17-13(19)8-18-6-5-10-11(15)3-2-4-12(10)18/h2-7H,8H2,1H3,(H,16,17,19). The number of carbonyl (C=O) groups is 1. The average Bonchev–Trinajstić information content (AvgIpc) is 2.98. The third kappa shape index (κ3) is 2.62. The van der Waals surface area contributed by atoms with Gasteiger partial charge in [-0.05, 0) is 25.1 Å². The van der Waals surface area contributed by atoms with Crippen LogP contribution in [0.25, 0.3) is 10.9 Å². The molecule has 0 aliphatic rings. The van der Waals surface area contributed by atoms with Gasteiger partial charge in [-0.1, -0.05) is 22.0 Å². The van der Waals surface area contributed by atoms with Crippen molar-refractivity contribution in [3.8, 4) is 0 Å². The molecule has 0 spiro atoms. The molecule has 0 aliphatic carbocycles. The molecule has 0 unspecified atom stereocenters. The number of carbonyl (C=O) groups excluding carboxylic acids is 1. The van der Waals surface area contributed by atoms with Gasteiger partial charge < -0.3 is 9.88 Å². The van der Waals surface area contributed by atoms with Crippen molar-refractivity contribution in [3.63, 3.8) is 0 Å². The van der Waals surface area contributed by atoms with Crippen LogP contribution in [0.3, 0.4) is 0 Å². The summed E-state index contributed by atoms with van der Waals surface area (Å²) in [7, 11) is 0. The molecule has 3 rings (SSSR count). The molecule has 1 N–H and O–H groups in total. The molecule has 0 saturated heterocycles. The molecule has 0 saturated carbocycles. The van der Waals surface area contributed by atoms with Gasteiger partial charge in [-0.2, -0.15) is 0 Å². The number of rotatable bonds is 3. The number of nitrogens with one attached hydrogen (secondary N) is 1. The van der Waals surface area contributed by atoms with Crippen molar-refractivity contribution in [2.45, 2.75) is 13.5 Å². The third-order valence-corrected chi connectivity index (χ3v) is 4.46. The first-order chi connectivity index (χ1) is 9.63. The van der Waals surface area contributed by atoms with E-state index in [9.17, 15) is 4.79 Å². The van der Waals surface area contributed by atoms with E-state index in [4.69, 9.17) is 0 Å². The summed E-state index contributed by atoms with van der Waals surface area (Å²) >= 11 is 4.99. The van der Waals surface area contributed by atoms with E-state index in [1.807, 2.05) is 42.0 Å². The molecule has 4 nitrogen and oxygen atoms in total. The van der Waals surface area contributed by atoms with E-state index in [2.05, 4.69) is 26.2 Å². The van der Waals surface area contributed by atoms with Crippen molar-refractivity contribution in [3.05, 3.63) is 46.0 Å². The molecule has 1 aromatic carbocycles. The Morgan fingerprint density at radius 1 is 1.45 bits per heavy atom. The summed E-state index contributed by atoms with van der Waals surface area (Å²) < 4.78 is 2.96. The normalized spacial score (nSPS) is 10.9. The maximum atomic E-state index is 12.0. The Bertz CT molecular complexity index is 778. The van der Waals surface area contributed by atoms with Gasteiger partial charge in [0.15, 0.2) is 5.13 Å². The SMILES string of the molecule is Cc1cnc(NC(=O)Cn2ccc3c(Br)cccc32)s1. The Balaban J connectivity index is 1.79. The van der Waals surface area contributed by atoms with Gasteiger partial charge in [0.05, 0.1) is 0 Å². The Kier molecular flexibility index (Phi) is 3.58. The average molecular weight is 350 g/mol. The summed E-state index contributed by atoms with van der Waals surface area (Å²) in [4.78, 5) is 17.3. The highest BCUT2D eigenvalue weighted by Crippen LogP contribution is 2.24. The van der Waals surface area contributed by atoms with E-state index >= 15 is 0 Å². The highest BCUT2D eigenvalue weighted by atomic mass is 79.9. The van der Waals surface area contributed by atoms with Crippen LogP contribution in [-0.4, -0.2) is 15.5 Å². The van der Waals surface area contributed by atoms with Gasteiger partial charge in [0, 0.05) is 32.6 Å². The predicted molar refractivity (Wildman–Crippen MR) is 85.1 cm³/mol. The number of halogens is 1. The number of hydrogen-bond acceptors (Lipinski definition) is 3. The maximum Gasteiger partial charge on any atom is 0.246 e. The van der Waals surface area contributed by atoms with E-state index in [0.717, 1.165) is 20.3 Å². The van der Waals surface area contributed by atoms with Crippen LogP contribution in [-0.2, 0) is 11.3 Å². The van der Waals surface area contributed by atoms with Gasteiger partial charge in [-0.15, -0.1) is 11.3 Å². The topological polar surface area (TPSA) is 46.9 Å². The number of aryl methyl sites for hydroxylation is 1. The quantitative estimate of drug-likeness (QED) is 0.781. The molecule has 0 bridgehead atoms. The molecule has 1 amide bonds. The summed E-state index contributed by atoms with van der Waals surface area (Å²) in [5, 5.41) is 4.56. The second kappa shape index (κ2) is 5.38. The zero-order valence-corrected chi connectivity index (χ0v) is 13.2. The van der Waals surface area contributed by atoms with Gasteiger partial charge in [-0.3, -0.25) is 4.79 Å². The number of anilines is 1. The molecule has 0 atom stereocenters. The fourth-order valence-electron chi connectivity index (χ4n) is 2.05. The molecular weight excluding hydrogens is 338 g/mol. The van der Waals surface area contributed by atoms with Crippen LogP contribution < -0.4 is 5.32 Å². The van der Waals surface area contributed by atoms with Crippen LogP contribution in [0.4, 0.5) is 5.13 Å². The fourth-order valence-corrected chi connectivity index (χ4v) is 3.22. The minimum atomic E-state index is -0.0724. The predicted octanol–water partition coefficient (Wildman–Crippen LogP) is 3.81. The van der Waals surface area contributed by atoms with E-state index in [-0.39, 0.29) is 12.5 Å². The van der Waals surface area contributed by atoms with Crippen molar-refractivity contribution in [2.24, 2.45) is 0 Å². The Labute approximate surface area is 128 Å². The summed E-state index contributed by atoms with van der Waals surface area (Å²) in [5.41, 5.74) is 1.03. The van der Waals surface area contributed by atoms with Crippen LogP contribution in [0.15, 0.2) is 41.1 Å². The van der Waals surface area contributed by atoms with E-state index in [1.165, 1.54) is 11.3 Å². The van der Waals surface area contributed by atoms with Gasteiger partial charge in [0.2, 0.25) is 5.91 Å². The molecular formula is C14H12BrN3OS. The smallest absolute Gasteiger partial charge is 0.246 e. The third-order valence-electron chi connectivity index (χ3n) is 2.94. The fraction of sp³-hybridized carbons (Fsp3) is 0.143. The van der Waals surface area contributed by atoms with Crippen molar-refractivity contribution < 1.29 is 4.79 Å². The summed E-state index contributed by atoms with van der Waals surface area (Å²) in [5.74, 6) is -0.0724. The summed E-state index contributed by atoms with van der Waals surface area (Å²) in [6.45, 7) is 2.24. The molecule has 102 valence electrons. The van der Waals surface area contributed by atoms with Crippen molar-refractivity contribution >= 4 is 49.2 Å². The first-order valence-corrected chi connectivity index (χ1v) is 7.70. The number of hydrogen-bond donors (Lipinski definition) is 1. The number of thiazole rings is 1. The Morgan fingerprint density at radius 2 is 2.30 bits per heavy atom. The van der Waals surface area contributed by atoms with Gasteiger partial charge >= 0.3 is 0 Å². The number of amides is 1. The first-order valence-electron chi connectivity index (χ1n) is 6.09. The van der Waals surface area contributed by atoms with Crippen LogP contribution in [0.2, 0.25) is 0 Å². The van der Waals surface area contributed by atoms with Crippen molar-refractivity contribution in [2.75, 3.05) is 5.32 Å². The van der Waals surface area contributed by atoms with Crippen LogP contribution in [0, 0.1) is 6.92 Å². The molecule has 0 radical (unpaired) electrons. The lowest BCUT2D eigenvalue weighted by Crippen LogP contribution is -2.18. The van der Waals surface area contributed by atoms with E-state index in [1.54, 1.807) is 6.20 Å².